The molecule has 112 valence electrons. The van der Waals surface area contributed by atoms with Crippen molar-refractivity contribution in [2.75, 3.05) is 6.61 Å². The number of halogens is 2. The Hall–Kier alpha value is 0.487. The van der Waals surface area contributed by atoms with E-state index < -0.39 is 8.07 Å². The molecule has 3 rings (SSSR count). The summed E-state index contributed by atoms with van der Waals surface area (Å²) in [6, 6.07) is 0.924. The van der Waals surface area contributed by atoms with Gasteiger partial charge >= 0.3 is 26.2 Å². The standard InChI is InChI=1S/C9H5OSi.C5H13OSi.2ClH.Zr/c10-6-3-1-2-5-4-7-9(11-7)8(5)6;1-7(2,3)5-4-6;;;/h1-3H,11H2;6H,1,4-5H2,2-3H3;2*1H;/q2*-1;;;+4/p-2. The zero-order valence-electron chi connectivity index (χ0n) is 12.2. The largest absolute Gasteiger partial charge is 4.00 e. The van der Waals surface area contributed by atoms with Crippen LogP contribution in [0.3, 0.4) is 0 Å². The number of rotatable bonds is 2. The molecule has 7 heteroatoms. The fourth-order valence-electron chi connectivity index (χ4n) is 1.90. The Morgan fingerprint density at radius 3 is 2.43 bits per heavy atom. The second-order valence-electron chi connectivity index (χ2n) is 5.58. The molecule has 0 aromatic rings. The van der Waals surface area contributed by atoms with Crippen LogP contribution in [0.2, 0.25) is 19.1 Å². The molecule has 1 heterocycles. The van der Waals surface area contributed by atoms with Gasteiger partial charge in [0.05, 0.1) is 0 Å². The first-order valence-electron chi connectivity index (χ1n) is 6.18. The minimum absolute atomic E-state index is 0. The molecule has 2 nitrogen and oxygen atoms in total. The Kier molecular flexibility index (Phi) is 10.8. The first-order valence-corrected chi connectivity index (χ1v) is 11.0. The molecule has 3 aliphatic rings. The van der Waals surface area contributed by atoms with Crippen LogP contribution in [0, 0.1) is 12.6 Å². The molecule has 0 unspecified atom stereocenters. The summed E-state index contributed by atoms with van der Waals surface area (Å²) in [6.07, 6.45) is 8.67. The zero-order chi connectivity index (χ0) is 13.3. The second-order valence-corrected chi connectivity index (χ2v) is 12.2. The first kappa shape index (κ1) is 23.7. The monoisotopic (exact) mass is 434 g/mol. The minimum Gasteiger partial charge on any atom is -1.00 e. The van der Waals surface area contributed by atoms with E-state index in [0.717, 1.165) is 17.2 Å². The van der Waals surface area contributed by atoms with E-state index in [4.69, 9.17) is 5.11 Å². The van der Waals surface area contributed by atoms with E-state index >= 15 is 0 Å². The van der Waals surface area contributed by atoms with Gasteiger partial charge in [-0.1, -0.05) is 32.8 Å². The van der Waals surface area contributed by atoms with Gasteiger partial charge in [-0.05, 0) is 6.08 Å². The summed E-state index contributed by atoms with van der Waals surface area (Å²) in [7, 11) is -1.27. The Morgan fingerprint density at radius 2 is 2.00 bits per heavy atom. The number of fused-ring (bicyclic) bond motifs is 2. The third-order valence-corrected chi connectivity index (χ3v) is 6.16. The van der Waals surface area contributed by atoms with Gasteiger partial charge in [-0.2, -0.15) is 10.4 Å². The average molecular weight is 437 g/mol. The summed E-state index contributed by atoms with van der Waals surface area (Å²) in [5.74, 6) is 0.185. The van der Waals surface area contributed by atoms with Crippen LogP contribution in [-0.4, -0.2) is 35.1 Å². The van der Waals surface area contributed by atoms with Gasteiger partial charge < -0.3 is 41.3 Å². The zero-order valence-corrected chi connectivity index (χ0v) is 18.6. The van der Waals surface area contributed by atoms with Crippen LogP contribution in [0.4, 0.5) is 0 Å². The average Bonchev–Trinajstić information content (AvgIpc) is 2.89. The fraction of sp³-hybridized carbons (Fsp3) is 0.286. The molecule has 1 fully saturated rings. The number of ketones is 1. The molecule has 1 N–H and O–H groups in total. The van der Waals surface area contributed by atoms with Crippen LogP contribution in [-0.2, 0) is 31.0 Å². The van der Waals surface area contributed by atoms with Crippen molar-refractivity contribution in [2.24, 2.45) is 0 Å². The third-order valence-electron chi connectivity index (χ3n) is 2.99. The normalized spacial score (nSPS) is 18.0. The number of aliphatic hydroxyl groups excluding tert-OH is 1. The number of allylic oxidation sites excluding steroid dienone is 8. The molecule has 0 aromatic carbocycles. The molecule has 0 saturated carbocycles. The summed E-state index contributed by atoms with van der Waals surface area (Å²) in [5.41, 5.74) is 2.00. The SMILES string of the molecule is O=C1C=CC=C2[C-]=C3[SiH2]C3=C12.[CH2-][Si](C)(C)CCO.[Cl-].[Cl-].[Zr+4]. The Labute approximate surface area is 161 Å². The van der Waals surface area contributed by atoms with Gasteiger partial charge in [0.1, 0.15) is 5.78 Å². The maximum Gasteiger partial charge on any atom is 4.00 e. The Morgan fingerprint density at radius 1 is 1.38 bits per heavy atom. The predicted molar refractivity (Wildman–Crippen MR) is 79.3 cm³/mol. The minimum atomic E-state index is -1.16. The molecule has 0 atom stereocenters. The molecule has 1 saturated heterocycles. The van der Waals surface area contributed by atoms with E-state index in [-0.39, 0.29) is 66.3 Å². The summed E-state index contributed by atoms with van der Waals surface area (Å²) in [5, 5.41) is 11.1. The molecule has 1 aliphatic heterocycles. The van der Waals surface area contributed by atoms with E-state index in [9.17, 15) is 4.79 Å². The maximum atomic E-state index is 11.3. The smallest absolute Gasteiger partial charge is 1.00 e. The van der Waals surface area contributed by atoms with Crippen molar-refractivity contribution in [3.05, 3.63) is 52.4 Å². The number of hydrogen-bond acceptors (Lipinski definition) is 2. The number of aliphatic hydroxyl groups is 1. The van der Waals surface area contributed by atoms with Gasteiger partial charge in [0.2, 0.25) is 0 Å². The Bertz CT molecular complexity index is 518. The topological polar surface area (TPSA) is 37.3 Å². The molecule has 2 aliphatic carbocycles. The summed E-state index contributed by atoms with van der Waals surface area (Å²) >= 11 is 0. The van der Waals surface area contributed by atoms with Crippen molar-refractivity contribution in [3.8, 4) is 0 Å². The van der Waals surface area contributed by atoms with Crippen molar-refractivity contribution < 1.29 is 60.9 Å². The van der Waals surface area contributed by atoms with Crippen LogP contribution in [0.15, 0.2) is 39.8 Å². The molecular weight excluding hydrogens is 418 g/mol. The van der Waals surface area contributed by atoms with Crippen LogP contribution >= 0.6 is 0 Å². The van der Waals surface area contributed by atoms with Gasteiger partial charge in [0, 0.05) is 16.1 Å². The van der Waals surface area contributed by atoms with Gasteiger partial charge in [0.15, 0.2) is 0 Å². The van der Waals surface area contributed by atoms with E-state index in [1.54, 1.807) is 6.08 Å². The fourth-order valence-corrected chi connectivity index (χ4v) is 3.86. The number of hydrogen-bond donors (Lipinski definition) is 1. The van der Waals surface area contributed by atoms with Gasteiger partial charge in [0.25, 0.3) is 0 Å². The van der Waals surface area contributed by atoms with E-state index in [2.05, 4.69) is 25.7 Å². The van der Waals surface area contributed by atoms with Crippen LogP contribution in [0.1, 0.15) is 0 Å². The van der Waals surface area contributed by atoms with Crippen LogP contribution < -0.4 is 24.8 Å². The third kappa shape index (κ3) is 6.63. The Balaban J connectivity index is 0. The molecule has 0 bridgehead atoms. The molecule has 0 spiro atoms. The molecule has 0 radical (unpaired) electrons. The van der Waals surface area contributed by atoms with Crippen molar-refractivity contribution in [3.63, 3.8) is 0 Å². The van der Waals surface area contributed by atoms with E-state index in [1.165, 1.54) is 10.4 Å². The van der Waals surface area contributed by atoms with Gasteiger partial charge in [-0.25, -0.2) is 0 Å². The summed E-state index contributed by atoms with van der Waals surface area (Å²) < 4.78 is 0. The second kappa shape index (κ2) is 9.59. The van der Waals surface area contributed by atoms with E-state index in [0.29, 0.717) is 6.61 Å². The first-order chi connectivity index (χ1) is 8.42. The summed E-state index contributed by atoms with van der Waals surface area (Å²) in [6.45, 7) is 8.53. The van der Waals surface area contributed by atoms with Crippen molar-refractivity contribution in [1.29, 1.82) is 0 Å². The van der Waals surface area contributed by atoms with Crippen LogP contribution in [0.5, 0.6) is 0 Å². The molecule has 21 heavy (non-hydrogen) atoms. The van der Waals surface area contributed by atoms with Gasteiger partial charge in [-0.15, -0.1) is 23.8 Å². The molecular formula is C14H18Cl2O2Si2Zr. The maximum absolute atomic E-state index is 11.3. The van der Waals surface area contributed by atoms with Crippen molar-refractivity contribution >= 4 is 23.4 Å². The van der Waals surface area contributed by atoms with Crippen molar-refractivity contribution in [2.45, 2.75) is 19.1 Å². The number of carbonyl (C=O) groups excluding carboxylic acids is 1. The predicted octanol–water partition coefficient (Wildman–Crippen LogP) is -4.75. The number of carbonyl (C=O) groups is 1. The van der Waals surface area contributed by atoms with E-state index in [1.807, 2.05) is 12.2 Å². The van der Waals surface area contributed by atoms with Crippen molar-refractivity contribution in [1.82, 2.24) is 0 Å². The van der Waals surface area contributed by atoms with Gasteiger partial charge in [-0.3, -0.25) is 0 Å². The van der Waals surface area contributed by atoms with Crippen LogP contribution in [0.25, 0.3) is 0 Å². The molecule has 0 amide bonds. The molecule has 0 aromatic heterocycles. The summed E-state index contributed by atoms with van der Waals surface area (Å²) in [4.78, 5) is 11.3. The quantitative estimate of drug-likeness (QED) is 0.349.